The topological polar surface area (TPSA) is 81.2 Å². The maximum Gasteiger partial charge on any atom is 0.408 e. The smallest absolute Gasteiger partial charge is 0.408 e. The molecular weight excluding hydrogens is 234 g/mol. The number of nitrogens with zero attached hydrogens (tertiary/aromatic N) is 2. The van der Waals surface area contributed by atoms with Gasteiger partial charge in [-0.2, -0.15) is 0 Å². The van der Waals surface area contributed by atoms with Gasteiger partial charge in [0, 0.05) is 6.20 Å². The van der Waals surface area contributed by atoms with Crippen LogP contribution in [0.5, 0.6) is 0 Å². The first-order valence-electron chi connectivity index (χ1n) is 5.51. The zero-order chi connectivity index (χ0) is 13.8. The Bertz CT molecular complexity index is 428. The van der Waals surface area contributed by atoms with Crippen LogP contribution < -0.4 is 5.32 Å². The number of ether oxygens (including phenoxy) is 1. The van der Waals surface area contributed by atoms with Gasteiger partial charge in [-0.25, -0.2) is 14.8 Å². The largest absolute Gasteiger partial charge is 0.444 e. The van der Waals surface area contributed by atoms with Crippen LogP contribution in [-0.4, -0.2) is 27.9 Å². The van der Waals surface area contributed by atoms with Crippen LogP contribution in [0.1, 0.15) is 33.4 Å². The number of nitrogens with one attached hydrogen (secondary N) is 1. The minimum atomic E-state index is -1.23. The maximum absolute atomic E-state index is 11.7. The van der Waals surface area contributed by atoms with E-state index in [0.29, 0.717) is 12.0 Å². The summed E-state index contributed by atoms with van der Waals surface area (Å²) in [5.41, 5.74) is -1.46. The van der Waals surface area contributed by atoms with Gasteiger partial charge in [-0.15, -0.1) is 0 Å². The van der Waals surface area contributed by atoms with E-state index in [2.05, 4.69) is 15.3 Å². The molecule has 1 unspecified atom stereocenters. The van der Waals surface area contributed by atoms with Crippen LogP contribution in [-0.2, 0) is 15.1 Å². The summed E-state index contributed by atoms with van der Waals surface area (Å²) >= 11 is 0. The van der Waals surface area contributed by atoms with E-state index in [0.717, 1.165) is 0 Å². The third-order valence-corrected chi connectivity index (χ3v) is 2.11. The van der Waals surface area contributed by atoms with Crippen molar-refractivity contribution in [1.29, 1.82) is 0 Å². The highest BCUT2D eigenvalue weighted by Gasteiger charge is 2.31. The molecule has 0 aliphatic heterocycles. The fraction of sp³-hybridized carbons (Fsp3) is 0.500. The Labute approximate surface area is 106 Å². The van der Waals surface area contributed by atoms with Crippen LogP contribution in [0.25, 0.3) is 0 Å². The molecule has 1 heterocycles. The van der Waals surface area contributed by atoms with Gasteiger partial charge in [-0.3, -0.25) is 0 Å². The molecule has 18 heavy (non-hydrogen) atoms. The second-order valence-electron chi connectivity index (χ2n) is 5.04. The number of aldehydes is 1. The second-order valence-corrected chi connectivity index (χ2v) is 5.04. The van der Waals surface area contributed by atoms with Gasteiger partial charge in [-0.1, -0.05) is 0 Å². The molecule has 1 aromatic rings. The molecule has 0 fully saturated rings. The number of rotatable bonds is 3. The van der Waals surface area contributed by atoms with Crippen LogP contribution in [0.4, 0.5) is 4.79 Å². The Kier molecular flexibility index (Phi) is 4.00. The number of amides is 1. The Hall–Kier alpha value is -1.98. The molecule has 0 spiro atoms. The summed E-state index contributed by atoms with van der Waals surface area (Å²) in [5.74, 6) is 0. The van der Waals surface area contributed by atoms with Gasteiger partial charge in [0.25, 0.3) is 0 Å². The number of alkyl carbamates (subject to hydrolysis) is 1. The number of carbonyl (C=O) groups excluding carboxylic acids is 2. The van der Waals surface area contributed by atoms with Gasteiger partial charge < -0.3 is 14.8 Å². The van der Waals surface area contributed by atoms with Crippen molar-refractivity contribution in [1.82, 2.24) is 15.3 Å². The van der Waals surface area contributed by atoms with Crippen LogP contribution in [0.15, 0.2) is 18.6 Å². The molecule has 0 saturated carbocycles. The number of aromatic nitrogens is 2. The molecule has 0 aromatic carbocycles. The molecule has 6 heteroatoms. The van der Waals surface area contributed by atoms with Gasteiger partial charge in [0.05, 0.1) is 5.69 Å². The van der Waals surface area contributed by atoms with E-state index in [-0.39, 0.29) is 0 Å². The molecule has 0 aliphatic rings. The average Bonchev–Trinajstić information content (AvgIpc) is 2.27. The monoisotopic (exact) mass is 251 g/mol. The van der Waals surface area contributed by atoms with Crippen molar-refractivity contribution in [3.05, 3.63) is 24.3 Å². The van der Waals surface area contributed by atoms with Crippen molar-refractivity contribution in [3.63, 3.8) is 0 Å². The molecule has 0 radical (unpaired) electrons. The molecule has 98 valence electrons. The summed E-state index contributed by atoms with van der Waals surface area (Å²) < 4.78 is 5.10. The zero-order valence-electron chi connectivity index (χ0n) is 10.9. The van der Waals surface area contributed by atoms with Crippen molar-refractivity contribution in [2.45, 2.75) is 38.8 Å². The van der Waals surface area contributed by atoms with Gasteiger partial charge in [-0.05, 0) is 33.8 Å². The Morgan fingerprint density at radius 1 is 1.39 bits per heavy atom. The zero-order valence-corrected chi connectivity index (χ0v) is 10.9. The first kappa shape index (κ1) is 14.1. The summed E-state index contributed by atoms with van der Waals surface area (Å²) in [7, 11) is 0. The maximum atomic E-state index is 11.7. The number of hydrogen-bond acceptors (Lipinski definition) is 5. The molecule has 1 atom stereocenters. The third kappa shape index (κ3) is 3.80. The van der Waals surface area contributed by atoms with E-state index in [1.54, 1.807) is 33.8 Å². The summed E-state index contributed by atoms with van der Waals surface area (Å²) in [6.45, 7) is 6.78. The summed E-state index contributed by atoms with van der Waals surface area (Å²) in [5, 5.41) is 2.50. The first-order valence-corrected chi connectivity index (χ1v) is 5.51. The van der Waals surface area contributed by atoms with Crippen molar-refractivity contribution in [2.75, 3.05) is 0 Å². The van der Waals surface area contributed by atoms with Gasteiger partial charge >= 0.3 is 6.09 Å². The van der Waals surface area contributed by atoms with E-state index in [1.165, 1.54) is 12.5 Å². The van der Waals surface area contributed by atoms with Crippen LogP contribution in [0, 0.1) is 0 Å². The summed E-state index contributed by atoms with van der Waals surface area (Å²) in [6, 6.07) is 1.56. The molecule has 0 saturated heterocycles. The lowest BCUT2D eigenvalue weighted by molar-refractivity contribution is -0.113. The Morgan fingerprint density at radius 2 is 2.06 bits per heavy atom. The normalized spacial score (nSPS) is 14.4. The van der Waals surface area contributed by atoms with Crippen molar-refractivity contribution >= 4 is 12.4 Å². The molecule has 1 amide bonds. The predicted molar refractivity (Wildman–Crippen MR) is 64.8 cm³/mol. The first-order chi connectivity index (χ1) is 8.27. The standard InChI is InChI=1S/C12H17N3O3/c1-11(2,3)18-10(17)15-12(4,7-16)9-5-6-13-8-14-9/h5-8H,1-4H3,(H,15,17). The van der Waals surface area contributed by atoms with E-state index in [9.17, 15) is 9.59 Å². The average molecular weight is 251 g/mol. The number of hydrogen-bond donors (Lipinski definition) is 1. The van der Waals surface area contributed by atoms with Gasteiger partial charge in [0.1, 0.15) is 17.5 Å². The van der Waals surface area contributed by atoms with E-state index >= 15 is 0 Å². The van der Waals surface area contributed by atoms with Gasteiger partial charge in [0.2, 0.25) is 0 Å². The minimum Gasteiger partial charge on any atom is -0.444 e. The van der Waals surface area contributed by atoms with E-state index < -0.39 is 17.2 Å². The van der Waals surface area contributed by atoms with Crippen molar-refractivity contribution < 1.29 is 14.3 Å². The molecular formula is C12H17N3O3. The van der Waals surface area contributed by atoms with Crippen LogP contribution >= 0.6 is 0 Å². The highest BCUT2D eigenvalue weighted by molar-refractivity contribution is 5.77. The minimum absolute atomic E-state index is 0.401. The van der Waals surface area contributed by atoms with Crippen LogP contribution in [0.2, 0.25) is 0 Å². The molecule has 0 aliphatic carbocycles. The lowest BCUT2D eigenvalue weighted by Crippen LogP contribution is -2.47. The van der Waals surface area contributed by atoms with Crippen molar-refractivity contribution in [3.8, 4) is 0 Å². The van der Waals surface area contributed by atoms with E-state index in [4.69, 9.17) is 4.74 Å². The summed E-state index contributed by atoms with van der Waals surface area (Å²) in [6.07, 6.45) is 2.75. The highest BCUT2D eigenvalue weighted by Crippen LogP contribution is 2.16. The van der Waals surface area contributed by atoms with E-state index in [1.807, 2.05) is 0 Å². The van der Waals surface area contributed by atoms with Crippen molar-refractivity contribution in [2.24, 2.45) is 0 Å². The lowest BCUT2D eigenvalue weighted by atomic mass is 10.00. The summed E-state index contributed by atoms with van der Waals surface area (Å²) in [4.78, 5) is 30.6. The molecule has 0 bridgehead atoms. The molecule has 1 N–H and O–H groups in total. The highest BCUT2D eigenvalue weighted by atomic mass is 16.6. The lowest BCUT2D eigenvalue weighted by Gasteiger charge is -2.26. The quantitative estimate of drug-likeness (QED) is 0.821. The van der Waals surface area contributed by atoms with Gasteiger partial charge in [0.15, 0.2) is 6.29 Å². The Morgan fingerprint density at radius 3 is 2.50 bits per heavy atom. The second kappa shape index (κ2) is 5.12. The third-order valence-electron chi connectivity index (χ3n) is 2.11. The molecule has 1 rings (SSSR count). The predicted octanol–water partition coefficient (Wildman–Crippen LogP) is 1.42. The fourth-order valence-electron chi connectivity index (χ4n) is 1.27. The SMILES string of the molecule is CC(C)(C)OC(=O)NC(C)(C=O)c1ccncn1. The number of carbonyl (C=O) groups is 2. The fourth-order valence-corrected chi connectivity index (χ4v) is 1.27. The Balaban J connectivity index is 2.85. The molecule has 6 nitrogen and oxygen atoms in total. The molecule has 1 aromatic heterocycles. The van der Waals surface area contributed by atoms with Crippen LogP contribution in [0.3, 0.4) is 0 Å².